The smallest absolute Gasteiger partial charge is 0.258 e. The molecule has 1 amide bonds. The predicted molar refractivity (Wildman–Crippen MR) is 139 cm³/mol. The molecule has 1 aliphatic rings. The van der Waals surface area contributed by atoms with E-state index in [1.807, 2.05) is 71.6 Å². The minimum Gasteiger partial charge on any atom is -0.303 e. The number of nitrogens with one attached hydrogen (secondary N) is 2. The van der Waals surface area contributed by atoms with E-state index in [1.54, 1.807) is 6.20 Å². The Morgan fingerprint density at radius 3 is 2.63 bits per heavy atom. The number of carbonyl (C=O) groups excluding carboxylic acids is 1. The van der Waals surface area contributed by atoms with Gasteiger partial charge < -0.3 is 4.90 Å². The molecule has 35 heavy (non-hydrogen) atoms. The summed E-state index contributed by atoms with van der Waals surface area (Å²) in [4.78, 5) is 20.6. The molecule has 2 aromatic carbocycles. The van der Waals surface area contributed by atoms with Gasteiger partial charge in [-0.15, -0.1) is 0 Å². The molecule has 180 valence electrons. The van der Waals surface area contributed by atoms with Crippen molar-refractivity contribution in [2.24, 2.45) is 0 Å². The SMILES string of the molecule is O=C(Nc1nc(CCCCN2CCCCC2)cn1-c1ccccc1)c1cccc(-c2cn[nH]c2)c1. The highest BCUT2D eigenvalue weighted by Gasteiger charge is 2.15. The fourth-order valence-electron chi connectivity index (χ4n) is 4.67. The summed E-state index contributed by atoms with van der Waals surface area (Å²) in [5.74, 6) is 0.357. The van der Waals surface area contributed by atoms with Gasteiger partial charge in [0.2, 0.25) is 5.95 Å². The zero-order valence-corrected chi connectivity index (χ0v) is 20.0. The molecule has 0 radical (unpaired) electrons. The lowest BCUT2D eigenvalue weighted by atomic mass is 10.1. The Bertz CT molecular complexity index is 1230. The zero-order valence-electron chi connectivity index (χ0n) is 20.0. The first-order valence-electron chi connectivity index (χ1n) is 12.5. The quantitative estimate of drug-likeness (QED) is 0.326. The number of H-pyrrole nitrogens is 1. The fourth-order valence-corrected chi connectivity index (χ4v) is 4.67. The van der Waals surface area contributed by atoms with Gasteiger partial charge in [-0.1, -0.05) is 36.8 Å². The Kier molecular flexibility index (Phi) is 7.34. The fraction of sp³-hybridized carbons (Fsp3) is 0.321. The number of benzene rings is 2. The number of carbonyl (C=O) groups is 1. The molecule has 2 N–H and O–H groups in total. The molecule has 5 rings (SSSR count). The predicted octanol–water partition coefficient (Wildman–Crippen LogP) is 5.32. The first kappa shape index (κ1) is 23.1. The molecule has 0 bridgehead atoms. The number of para-hydroxylation sites is 1. The number of imidazole rings is 1. The zero-order chi connectivity index (χ0) is 23.9. The molecule has 2 aromatic heterocycles. The van der Waals surface area contributed by atoms with Gasteiger partial charge in [-0.3, -0.25) is 19.8 Å². The second-order valence-electron chi connectivity index (χ2n) is 9.14. The molecule has 0 spiro atoms. The average Bonchev–Trinajstić information content (AvgIpc) is 3.59. The average molecular weight is 469 g/mol. The molecule has 0 saturated carbocycles. The summed E-state index contributed by atoms with van der Waals surface area (Å²) in [6.45, 7) is 3.64. The topological polar surface area (TPSA) is 78.8 Å². The van der Waals surface area contributed by atoms with Gasteiger partial charge >= 0.3 is 0 Å². The summed E-state index contributed by atoms with van der Waals surface area (Å²) in [5.41, 5.74) is 4.43. The Hall–Kier alpha value is -3.71. The summed E-state index contributed by atoms with van der Waals surface area (Å²) < 4.78 is 1.97. The number of rotatable bonds is 9. The third-order valence-corrected chi connectivity index (χ3v) is 6.58. The monoisotopic (exact) mass is 468 g/mol. The lowest BCUT2D eigenvalue weighted by Crippen LogP contribution is -2.30. The highest BCUT2D eigenvalue weighted by molar-refractivity contribution is 6.04. The van der Waals surface area contributed by atoms with Crippen LogP contribution in [-0.4, -0.2) is 50.2 Å². The second kappa shape index (κ2) is 11.1. The van der Waals surface area contributed by atoms with Gasteiger partial charge in [0.25, 0.3) is 5.91 Å². The van der Waals surface area contributed by atoms with E-state index in [4.69, 9.17) is 4.98 Å². The highest BCUT2D eigenvalue weighted by atomic mass is 16.1. The maximum absolute atomic E-state index is 13.2. The van der Waals surface area contributed by atoms with E-state index in [2.05, 4.69) is 20.4 Å². The molecule has 7 heteroatoms. The number of nitrogens with zero attached hydrogens (tertiary/aromatic N) is 4. The normalized spacial score (nSPS) is 14.2. The van der Waals surface area contributed by atoms with Gasteiger partial charge in [0.05, 0.1) is 11.9 Å². The van der Waals surface area contributed by atoms with E-state index >= 15 is 0 Å². The maximum Gasteiger partial charge on any atom is 0.258 e. The number of unbranched alkanes of at least 4 members (excludes halogenated alkanes) is 1. The van der Waals surface area contributed by atoms with Crippen LogP contribution in [0.15, 0.2) is 73.2 Å². The van der Waals surface area contributed by atoms with Crippen LogP contribution in [0.4, 0.5) is 5.95 Å². The molecule has 3 heterocycles. The highest BCUT2D eigenvalue weighted by Crippen LogP contribution is 2.22. The van der Waals surface area contributed by atoms with Crippen LogP contribution in [-0.2, 0) is 6.42 Å². The minimum absolute atomic E-state index is 0.185. The molecule has 1 saturated heterocycles. The number of hydrogen-bond donors (Lipinski definition) is 2. The summed E-state index contributed by atoms with van der Waals surface area (Å²) in [6, 6.07) is 17.6. The van der Waals surface area contributed by atoms with Crippen molar-refractivity contribution < 1.29 is 4.79 Å². The Morgan fingerprint density at radius 1 is 0.971 bits per heavy atom. The van der Waals surface area contributed by atoms with Crippen LogP contribution >= 0.6 is 0 Å². The number of likely N-dealkylation sites (tertiary alicyclic amines) is 1. The number of anilines is 1. The molecular weight excluding hydrogens is 436 g/mol. The van der Waals surface area contributed by atoms with Crippen molar-refractivity contribution in [1.29, 1.82) is 0 Å². The van der Waals surface area contributed by atoms with Gasteiger partial charge in [-0.25, -0.2) is 4.98 Å². The number of amides is 1. The third-order valence-electron chi connectivity index (χ3n) is 6.58. The van der Waals surface area contributed by atoms with Gasteiger partial charge in [-0.2, -0.15) is 5.10 Å². The molecule has 0 unspecified atom stereocenters. The summed E-state index contributed by atoms with van der Waals surface area (Å²) in [6.07, 6.45) is 12.8. The summed E-state index contributed by atoms with van der Waals surface area (Å²) >= 11 is 0. The van der Waals surface area contributed by atoms with E-state index in [0.29, 0.717) is 11.5 Å². The first-order chi connectivity index (χ1) is 17.3. The van der Waals surface area contributed by atoms with E-state index in [-0.39, 0.29) is 5.91 Å². The third kappa shape index (κ3) is 5.87. The Morgan fingerprint density at radius 2 is 1.83 bits per heavy atom. The number of aromatic nitrogens is 4. The van der Waals surface area contributed by atoms with Gasteiger partial charge in [0, 0.05) is 29.2 Å². The van der Waals surface area contributed by atoms with E-state index < -0.39 is 0 Å². The molecule has 1 aliphatic heterocycles. The van der Waals surface area contributed by atoms with Crippen molar-refractivity contribution in [3.63, 3.8) is 0 Å². The van der Waals surface area contributed by atoms with Crippen LogP contribution in [0.3, 0.4) is 0 Å². The van der Waals surface area contributed by atoms with Crippen LogP contribution in [0.5, 0.6) is 0 Å². The molecule has 0 atom stereocenters. The number of aromatic amines is 1. The maximum atomic E-state index is 13.2. The van der Waals surface area contributed by atoms with E-state index in [1.165, 1.54) is 38.8 Å². The van der Waals surface area contributed by atoms with Crippen LogP contribution in [0.1, 0.15) is 48.2 Å². The van der Waals surface area contributed by atoms with Crippen LogP contribution in [0.25, 0.3) is 16.8 Å². The summed E-state index contributed by atoms with van der Waals surface area (Å²) in [5, 5.41) is 9.86. The van der Waals surface area contributed by atoms with Gasteiger partial charge in [-0.05, 0) is 81.6 Å². The Labute approximate surface area is 206 Å². The van der Waals surface area contributed by atoms with Crippen molar-refractivity contribution in [2.45, 2.75) is 38.5 Å². The molecular formula is C28H32N6O. The van der Waals surface area contributed by atoms with Gasteiger partial charge in [0.15, 0.2) is 0 Å². The lowest BCUT2D eigenvalue weighted by Gasteiger charge is -2.26. The standard InChI is InChI=1S/C28H32N6O/c35-27(23-11-9-10-22(18-23)24-19-29-30-20-24)32-28-31-25(21-34(28)26-13-3-1-4-14-26)12-5-8-17-33-15-6-2-7-16-33/h1,3-4,9-11,13-14,18-21H,2,5-8,12,15-17H2,(H,29,30)(H,31,32,35). The van der Waals surface area contributed by atoms with Crippen molar-refractivity contribution in [2.75, 3.05) is 25.0 Å². The van der Waals surface area contributed by atoms with Crippen molar-refractivity contribution in [3.05, 3.63) is 84.4 Å². The molecule has 1 fully saturated rings. The van der Waals surface area contributed by atoms with E-state index in [0.717, 1.165) is 41.9 Å². The van der Waals surface area contributed by atoms with E-state index in [9.17, 15) is 4.79 Å². The van der Waals surface area contributed by atoms with Crippen LogP contribution < -0.4 is 5.32 Å². The van der Waals surface area contributed by atoms with Crippen molar-refractivity contribution in [3.8, 4) is 16.8 Å². The second-order valence-corrected chi connectivity index (χ2v) is 9.14. The lowest BCUT2D eigenvalue weighted by molar-refractivity contribution is 0.102. The minimum atomic E-state index is -0.185. The largest absolute Gasteiger partial charge is 0.303 e. The molecule has 0 aliphatic carbocycles. The number of aryl methyl sites for hydroxylation is 1. The van der Waals surface area contributed by atoms with Crippen molar-refractivity contribution >= 4 is 11.9 Å². The van der Waals surface area contributed by atoms with Gasteiger partial charge in [0.1, 0.15) is 0 Å². The van der Waals surface area contributed by atoms with Crippen LogP contribution in [0.2, 0.25) is 0 Å². The number of piperidine rings is 1. The number of hydrogen-bond acceptors (Lipinski definition) is 4. The Balaban J connectivity index is 1.29. The van der Waals surface area contributed by atoms with Crippen LogP contribution in [0, 0.1) is 0 Å². The van der Waals surface area contributed by atoms with Crippen molar-refractivity contribution in [1.82, 2.24) is 24.6 Å². The summed E-state index contributed by atoms with van der Waals surface area (Å²) in [7, 11) is 0. The molecule has 4 aromatic rings. The first-order valence-corrected chi connectivity index (χ1v) is 12.5. The molecule has 7 nitrogen and oxygen atoms in total.